The maximum atomic E-state index is 12.4. The summed E-state index contributed by atoms with van der Waals surface area (Å²) in [5.74, 6) is 0.803. The van der Waals surface area contributed by atoms with Gasteiger partial charge in [0.1, 0.15) is 5.75 Å². The average Bonchev–Trinajstić information content (AvgIpc) is 2.38. The third kappa shape index (κ3) is 3.43. The molecule has 0 saturated heterocycles. The van der Waals surface area contributed by atoms with Gasteiger partial charge in [0, 0.05) is 12.0 Å². The van der Waals surface area contributed by atoms with Gasteiger partial charge >= 0.3 is 0 Å². The quantitative estimate of drug-likeness (QED) is 0.864. The zero-order chi connectivity index (χ0) is 15.8. The van der Waals surface area contributed by atoms with Gasteiger partial charge in [0.05, 0.1) is 5.69 Å². The van der Waals surface area contributed by atoms with E-state index in [0.29, 0.717) is 23.4 Å². The van der Waals surface area contributed by atoms with Crippen LogP contribution in [0.2, 0.25) is 0 Å². The molecule has 1 aliphatic heterocycles. The Kier molecular flexibility index (Phi) is 4.08. The fraction of sp³-hybridized carbons (Fsp3) is 0.529. The minimum atomic E-state index is -0.500. The van der Waals surface area contributed by atoms with Crippen LogP contribution in [0.1, 0.15) is 51.4 Å². The monoisotopic (exact) mass is 289 g/mol. The lowest BCUT2D eigenvalue weighted by atomic mass is 9.78. The molecule has 4 nitrogen and oxygen atoms in total. The van der Waals surface area contributed by atoms with Crippen LogP contribution < -0.4 is 10.1 Å². The molecule has 1 aromatic carbocycles. The normalized spacial score (nSPS) is 19.3. The third-order valence-electron chi connectivity index (χ3n) is 4.20. The molecule has 2 rings (SSSR count). The second kappa shape index (κ2) is 5.51. The Morgan fingerprint density at radius 2 is 2.05 bits per heavy atom. The SMILES string of the molecule is CC1Oc2ccc(C(=O)CC(C)C(C)(C)C)cc2NC1=O. The number of ether oxygens (including phenoxy) is 1. The molecule has 1 aromatic rings. The van der Waals surface area contributed by atoms with Gasteiger partial charge in [-0.2, -0.15) is 0 Å². The topological polar surface area (TPSA) is 55.4 Å². The molecule has 2 unspecified atom stereocenters. The summed E-state index contributed by atoms with van der Waals surface area (Å²) in [7, 11) is 0. The molecule has 0 fully saturated rings. The summed E-state index contributed by atoms with van der Waals surface area (Å²) in [6, 6.07) is 5.22. The van der Waals surface area contributed by atoms with E-state index in [-0.39, 0.29) is 23.0 Å². The lowest BCUT2D eigenvalue weighted by molar-refractivity contribution is -0.122. The summed E-state index contributed by atoms with van der Waals surface area (Å²) in [5.41, 5.74) is 1.28. The van der Waals surface area contributed by atoms with E-state index in [1.807, 2.05) is 0 Å². The summed E-state index contributed by atoms with van der Waals surface area (Å²) >= 11 is 0. The number of nitrogens with one attached hydrogen (secondary N) is 1. The Balaban J connectivity index is 2.17. The van der Waals surface area contributed by atoms with Crippen LogP contribution in [0.15, 0.2) is 18.2 Å². The van der Waals surface area contributed by atoms with Crippen molar-refractivity contribution in [2.45, 2.75) is 47.1 Å². The van der Waals surface area contributed by atoms with Gasteiger partial charge in [0.15, 0.2) is 11.9 Å². The number of hydrogen-bond acceptors (Lipinski definition) is 3. The lowest BCUT2D eigenvalue weighted by Crippen LogP contribution is -2.34. The van der Waals surface area contributed by atoms with Gasteiger partial charge in [-0.25, -0.2) is 0 Å². The van der Waals surface area contributed by atoms with Gasteiger partial charge in [-0.1, -0.05) is 27.7 Å². The smallest absolute Gasteiger partial charge is 0.265 e. The van der Waals surface area contributed by atoms with E-state index < -0.39 is 6.10 Å². The predicted molar refractivity (Wildman–Crippen MR) is 82.7 cm³/mol. The number of carbonyl (C=O) groups excluding carboxylic acids is 2. The van der Waals surface area contributed by atoms with Crippen LogP contribution in [0.4, 0.5) is 5.69 Å². The highest BCUT2D eigenvalue weighted by Gasteiger charge is 2.26. The van der Waals surface area contributed by atoms with E-state index in [4.69, 9.17) is 4.74 Å². The first-order valence-electron chi connectivity index (χ1n) is 7.33. The van der Waals surface area contributed by atoms with E-state index >= 15 is 0 Å². The summed E-state index contributed by atoms with van der Waals surface area (Å²) in [5, 5.41) is 2.77. The number of ketones is 1. The number of carbonyl (C=O) groups is 2. The molecule has 4 heteroatoms. The molecule has 1 heterocycles. The van der Waals surface area contributed by atoms with Gasteiger partial charge in [0.25, 0.3) is 5.91 Å². The molecule has 0 bridgehead atoms. The van der Waals surface area contributed by atoms with Crippen LogP contribution in [0, 0.1) is 11.3 Å². The first-order valence-corrected chi connectivity index (χ1v) is 7.33. The van der Waals surface area contributed by atoms with Crippen molar-refractivity contribution < 1.29 is 14.3 Å². The van der Waals surface area contributed by atoms with Crippen molar-refractivity contribution in [2.75, 3.05) is 5.32 Å². The molecule has 1 N–H and O–H groups in total. The number of benzene rings is 1. The predicted octanol–water partition coefficient (Wildman–Crippen LogP) is 3.66. The molecule has 114 valence electrons. The maximum absolute atomic E-state index is 12.4. The Labute approximate surface area is 125 Å². The van der Waals surface area contributed by atoms with Gasteiger partial charge < -0.3 is 10.1 Å². The number of anilines is 1. The zero-order valence-corrected chi connectivity index (χ0v) is 13.3. The Hall–Kier alpha value is -1.84. The molecule has 0 saturated carbocycles. The Morgan fingerprint density at radius 1 is 1.38 bits per heavy atom. The Bertz CT molecular complexity index is 572. The second-order valence-electron chi connectivity index (χ2n) is 6.85. The van der Waals surface area contributed by atoms with Crippen LogP contribution in [0.5, 0.6) is 5.75 Å². The molecule has 0 aromatic heterocycles. The molecule has 1 aliphatic rings. The van der Waals surface area contributed by atoms with Crippen molar-refractivity contribution in [1.29, 1.82) is 0 Å². The fourth-order valence-electron chi connectivity index (χ4n) is 2.08. The molecule has 2 atom stereocenters. The van der Waals surface area contributed by atoms with Gasteiger partial charge in [0.2, 0.25) is 0 Å². The minimum Gasteiger partial charge on any atom is -0.479 e. The standard InChI is InChI=1S/C17H23NO3/c1-10(17(3,4)5)8-14(19)12-6-7-15-13(9-12)18-16(20)11(2)21-15/h6-7,9-11H,8H2,1-5H3,(H,18,20). The van der Waals surface area contributed by atoms with Crippen molar-refractivity contribution in [3.05, 3.63) is 23.8 Å². The van der Waals surface area contributed by atoms with Crippen LogP contribution in [-0.2, 0) is 4.79 Å². The molecule has 21 heavy (non-hydrogen) atoms. The number of rotatable bonds is 3. The van der Waals surface area contributed by atoms with Crippen molar-refractivity contribution in [3.8, 4) is 5.75 Å². The average molecular weight is 289 g/mol. The lowest BCUT2D eigenvalue weighted by Gasteiger charge is -2.27. The first kappa shape index (κ1) is 15.5. The molecule has 0 radical (unpaired) electrons. The van der Waals surface area contributed by atoms with E-state index in [0.717, 1.165) is 0 Å². The van der Waals surface area contributed by atoms with Crippen LogP contribution in [0.25, 0.3) is 0 Å². The van der Waals surface area contributed by atoms with E-state index in [1.165, 1.54) is 0 Å². The highest BCUT2D eigenvalue weighted by molar-refractivity contribution is 6.01. The Morgan fingerprint density at radius 3 is 2.67 bits per heavy atom. The summed E-state index contributed by atoms with van der Waals surface area (Å²) in [6.45, 7) is 10.2. The van der Waals surface area contributed by atoms with E-state index in [2.05, 4.69) is 33.0 Å². The van der Waals surface area contributed by atoms with Gasteiger partial charge in [-0.3, -0.25) is 9.59 Å². The van der Waals surface area contributed by atoms with Crippen LogP contribution in [0.3, 0.4) is 0 Å². The van der Waals surface area contributed by atoms with Crippen molar-refractivity contribution >= 4 is 17.4 Å². The molecule has 1 amide bonds. The summed E-state index contributed by atoms with van der Waals surface area (Å²) in [4.78, 5) is 24.0. The van der Waals surface area contributed by atoms with Crippen molar-refractivity contribution in [1.82, 2.24) is 0 Å². The van der Waals surface area contributed by atoms with Crippen molar-refractivity contribution in [2.24, 2.45) is 11.3 Å². The molecule has 0 spiro atoms. The van der Waals surface area contributed by atoms with Crippen LogP contribution in [-0.4, -0.2) is 17.8 Å². The minimum absolute atomic E-state index is 0.0908. The number of hydrogen-bond donors (Lipinski definition) is 1. The van der Waals surface area contributed by atoms with E-state index in [1.54, 1.807) is 25.1 Å². The maximum Gasteiger partial charge on any atom is 0.265 e. The zero-order valence-electron chi connectivity index (χ0n) is 13.3. The van der Waals surface area contributed by atoms with Crippen LogP contribution >= 0.6 is 0 Å². The molecule has 0 aliphatic carbocycles. The highest BCUT2D eigenvalue weighted by atomic mass is 16.5. The van der Waals surface area contributed by atoms with Crippen molar-refractivity contribution in [3.63, 3.8) is 0 Å². The van der Waals surface area contributed by atoms with Gasteiger partial charge in [-0.15, -0.1) is 0 Å². The first-order chi connectivity index (χ1) is 9.68. The third-order valence-corrected chi connectivity index (χ3v) is 4.20. The molecular weight excluding hydrogens is 266 g/mol. The highest BCUT2D eigenvalue weighted by Crippen LogP contribution is 2.33. The molecular formula is C17H23NO3. The van der Waals surface area contributed by atoms with E-state index in [9.17, 15) is 9.59 Å². The van der Waals surface area contributed by atoms with Gasteiger partial charge in [-0.05, 0) is 36.5 Å². The number of fused-ring (bicyclic) bond motifs is 1. The largest absolute Gasteiger partial charge is 0.479 e. The number of Topliss-reactive ketones (excluding diaryl/α,β-unsaturated/α-hetero) is 1. The second-order valence-corrected chi connectivity index (χ2v) is 6.85. The summed E-state index contributed by atoms with van der Waals surface area (Å²) < 4.78 is 5.49. The fourth-order valence-corrected chi connectivity index (χ4v) is 2.08. The number of amides is 1. The summed E-state index contributed by atoms with van der Waals surface area (Å²) in [6.07, 6.45) is -0.00649.